The van der Waals surface area contributed by atoms with E-state index in [4.69, 9.17) is 9.47 Å². The van der Waals surface area contributed by atoms with Crippen molar-refractivity contribution in [3.05, 3.63) is 156 Å². The van der Waals surface area contributed by atoms with Crippen molar-refractivity contribution in [1.29, 1.82) is 0 Å². The molecule has 0 saturated heterocycles. The van der Waals surface area contributed by atoms with Crippen LogP contribution >= 0.6 is 11.8 Å². The van der Waals surface area contributed by atoms with Gasteiger partial charge in [-0.1, -0.05) is 90.6 Å². The summed E-state index contributed by atoms with van der Waals surface area (Å²) in [5.41, 5.74) is 1.11. The Morgan fingerprint density at radius 3 is 1.44 bits per heavy atom. The lowest BCUT2D eigenvalue weighted by molar-refractivity contribution is 0.0975. The van der Waals surface area contributed by atoms with E-state index in [2.05, 4.69) is 0 Å². The highest BCUT2D eigenvalue weighted by molar-refractivity contribution is 7.99. The summed E-state index contributed by atoms with van der Waals surface area (Å²) in [6.07, 6.45) is 0. The summed E-state index contributed by atoms with van der Waals surface area (Å²) in [6.45, 7) is 0. The third kappa shape index (κ3) is 4.56. The minimum Gasteiger partial charge on any atom is -0.456 e. The van der Waals surface area contributed by atoms with Gasteiger partial charge in [0.05, 0.1) is 11.1 Å². The Kier molecular flexibility index (Phi) is 6.34. The molecular weight excluding hydrogens is 528 g/mol. The lowest BCUT2D eigenvalue weighted by atomic mass is 9.81. The minimum atomic E-state index is -0.278. The van der Waals surface area contributed by atoms with Crippen molar-refractivity contribution >= 4 is 34.1 Å². The second-order valence-electron chi connectivity index (χ2n) is 9.56. The average molecular weight is 551 g/mol. The lowest BCUT2D eigenvalue weighted by Gasteiger charge is -2.25. The second-order valence-corrected chi connectivity index (χ2v) is 10.7. The highest BCUT2D eigenvalue weighted by atomic mass is 32.2. The van der Waals surface area contributed by atoms with Gasteiger partial charge in [0.15, 0.2) is 11.6 Å². The molecule has 0 unspecified atom stereocenters. The first-order valence-electron chi connectivity index (χ1n) is 13.2. The van der Waals surface area contributed by atoms with E-state index in [0.29, 0.717) is 44.9 Å². The number of carbonyl (C=O) groups is 2. The molecule has 0 spiro atoms. The van der Waals surface area contributed by atoms with Crippen LogP contribution in [0.5, 0.6) is 23.0 Å². The van der Waals surface area contributed by atoms with E-state index in [-0.39, 0.29) is 22.7 Å². The maximum Gasteiger partial charge on any atom is 0.198 e. The largest absolute Gasteiger partial charge is 0.456 e. The van der Waals surface area contributed by atoms with Gasteiger partial charge in [0, 0.05) is 31.7 Å². The topological polar surface area (TPSA) is 52.6 Å². The molecular formula is C36H22O4S. The van der Waals surface area contributed by atoms with Crippen LogP contribution in [0.2, 0.25) is 0 Å². The molecule has 1 aliphatic rings. The molecule has 0 heterocycles. The van der Waals surface area contributed by atoms with Gasteiger partial charge in [-0.3, -0.25) is 9.59 Å². The lowest BCUT2D eigenvalue weighted by Crippen LogP contribution is -2.23. The van der Waals surface area contributed by atoms with Crippen LogP contribution in [0.4, 0.5) is 0 Å². The molecule has 0 aromatic heterocycles. The van der Waals surface area contributed by atoms with Crippen molar-refractivity contribution in [3.63, 3.8) is 0 Å². The van der Waals surface area contributed by atoms with Gasteiger partial charge >= 0.3 is 0 Å². The summed E-state index contributed by atoms with van der Waals surface area (Å²) in [6, 6.07) is 41.5. The third-order valence-electron chi connectivity index (χ3n) is 6.96. The third-order valence-corrected chi connectivity index (χ3v) is 7.96. The molecule has 196 valence electrons. The molecule has 0 radical (unpaired) electrons. The second kappa shape index (κ2) is 10.5. The van der Waals surface area contributed by atoms with Crippen LogP contribution < -0.4 is 9.47 Å². The van der Waals surface area contributed by atoms with Crippen molar-refractivity contribution in [2.45, 2.75) is 9.79 Å². The Hall–Kier alpha value is -5.13. The molecule has 0 fully saturated rings. The molecule has 0 N–H and O–H groups in total. The maximum atomic E-state index is 14.4. The molecule has 0 bridgehead atoms. The molecule has 1 aliphatic carbocycles. The first kappa shape index (κ1) is 24.9. The molecule has 0 aliphatic heterocycles. The number of hydrogen-bond acceptors (Lipinski definition) is 5. The molecule has 41 heavy (non-hydrogen) atoms. The van der Waals surface area contributed by atoms with Crippen LogP contribution in [0.3, 0.4) is 0 Å². The van der Waals surface area contributed by atoms with Gasteiger partial charge in [-0.15, -0.1) is 0 Å². The van der Waals surface area contributed by atoms with Crippen LogP contribution in [-0.2, 0) is 0 Å². The zero-order chi connectivity index (χ0) is 27.8. The van der Waals surface area contributed by atoms with Gasteiger partial charge < -0.3 is 9.47 Å². The fourth-order valence-corrected chi connectivity index (χ4v) is 5.98. The van der Waals surface area contributed by atoms with E-state index in [1.807, 2.05) is 121 Å². The number of ketones is 2. The van der Waals surface area contributed by atoms with Crippen molar-refractivity contribution < 1.29 is 19.1 Å². The van der Waals surface area contributed by atoms with Crippen LogP contribution in [0.25, 0.3) is 10.8 Å². The monoisotopic (exact) mass is 550 g/mol. The number of para-hydroxylation sites is 2. The molecule has 4 nitrogen and oxygen atoms in total. The minimum absolute atomic E-state index is 0.206. The summed E-state index contributed by atoms with van der Waals surface area (Å²) in [7, 11) is 0. The van der Waals surface area contributed by atoms with E-state index in [1.165, 1.54) is 11.8 Å². The van der Waals surface area contributed by atoms with Crippen molar-refractivity contribution in [2.24, 2.45) is 0 Å². The zero-order valence-electron chi connectivity index (χ0n) is 21.7. The standard InChI is InChI=1S/C36H22O4S/c37-33-27-21-20-26(41-25-16-8-3-9-17-25)22-30(27)34(38)32-31(33)35(39-23-12-4-1-5-13-23)28-18-10-11-19-29(28)36(32)40-24-14-6-2-7-15-24/h1-22H. The van der Waals surface area contributed by atoms with Crippen LogP contribution in [0, 0.1) is 0 Å². The van der Waals surface area contributed by atoms with Crippen molar-refractivity contribution in [2.75, 3.05) is 0 Å². The first-order valence-corrected chi connectivity index (χ1v) is 14.0. The molecule has 7 rings (SSSR count). The fraction of sp³-hybridized carbons (Fsp3) is 0. The molecule has 6 aromatic carbocycles. The van der Waals surface area contributed by atoms with Crippen LogP contribution in [0.15, 0.2) is 143 Å². The Morgan fingerprint density at radius 2 is 0.902 bits per heavy atom. The number of hydrogen-bond donors (Lipinski definition) is 0. The van der Waals surface area contributed by atoms with Gasteiger partial charge in [0.2, 0.25) is 0 Å². The van der Waals surface area contributed by atoms with E-state index in [9.17, 15) is 9.59 Å². The fourth-order valence-electron chi connectivity index (χ4n) is 5.10. The highest BCUT2D eigenvalue weighted by Gasteiger charge is 2.38. The summed E-state index contributed by atoms with van der Waals surface area (Å²) in [5.74, 6) is 1.26. The molecule has 0 atom stereocenters. The smallest absolute Gasteiger partial charge is 0.198 e. The summed E-state index contributed by atoms with van der Waals surface area (Å²) in [4.78, 5) is 30.6. The Balaban J connectivity index is 1.46. The summed E-state index contributed by atoms with van der Waals surface area (Å²) < 4.78 is 12.8. The Labute approximate surface area is 241 Å². The Morgan fingerprint density at radius 1 is 0.439 bits per heavy atom. The van der Waals surface area contributed by atoms with Gasteiger partial charge in [-0.2, -0.15) is 0 Å². The van der Waals surface area contributed by atoms with Gasteiger partial charge in [-0.25, -0.2) is 0 Å². The highest BCUT2D eigenvalue weighted by Crippen LogP contribution is 2.48. The number of rotatable bonds is 6. The predicted molar refractivity (Wildman–Crippen MR) is 161 cm³/mol. The average Bonchev–Trinajstić information content (AvgIpc) is 3.02. The van der Waals surface area contributed by atoms with Crippen molar-refractivity contribution in [1.82, 2.24) is 0 Å². The summed E-state index contributed by atoms with van der Waals surface area (Å²) in [5, 5.41) is 1.36. The number of carbonyl (C=O) groups excluding carboxylic acids is 2. The maximum absolute atomic E-state index is 14.4. The SMILES string of the molecule is O=C1c2ccc(Sc3ccccc3)cc2C(=O)c2c1c(Oc1ccccc1)c1ccccc1c2Oc1ccccc1. The summed E-state index contributed by atoms with van der Waals surface area (Å²) >= 11 is 1.54. The van der Waals surface area contributed by atoms with E-state index < -0.39 is 0 Å². The molecule has 0 saturated carbocycles. The van der Waals surface area contributed by atoms with E-state index in [0.717, 1.165) is 9.79 Å². The van der Waals surface area contributed by atoms with Crippen molar-refractivity contribution in [3.8, 4) is 23.0 Å². The normalized spacial score (nSPS) is 12.1. The van der Waals surface area contributed by atoms with Gasteiger partial charge in [-0.05, 0) is 54.6 Å². The number of ether oxygens (including phenoxy) is 2. The van der Waals surface area contributed by atoms with E-state index >= 15 is 0 Å². The molecule has 5 heteroatoms. The van der Waals surface area contributed by atoms with Gasteiger partial charge in [0.1, 0.15) is 23.0 Å². The quantitative estimate of drug-likeness (QED) is 0.206. The number of benzene rings is 6. The first-order chi connectivity index (χ1) is 20.2. The Bertz CT molecular complexity index is 1930. The predicted octanol–water partition coefficient (Wildman–Crippen LogP) is 9.35. The number of fused-ring (bicyclic) bond motifs is 3. The molecule has 0 amide bonds. The van der Waals surface area contributed by atoms with Gasteiger partial charge in [0.25, 0.3) is 0 Å². The molecule has 6 aromatic rings. The van der Waals surface area contributed by atoms with Crippen LogP contribution in [0.1, 0.15) is 31.8 Å². The van der Waals surface area contributed by atoms with E-state index in [1.54, 1.807) is 12.1 Å². The van der Waals surface area contributed by atoms with Crippen LogP contribution in [-0.4, -0.2) is 11.6 Å². The zero-order valence-corrected chi connectivity index (χ0v) is 22.6.